The van der Waals surface area contributed by atoms with Crippen molar-refractivity contribution in [1.82, 2.24) is 15.1 Å². The molecular formula is C12H11F3N4O. The number of carbonyl (C=O) groups excluding carboxylic acids is 1. The van der Waals surface area contributed by atoms with Gasteiger partial charge in [-0.05, 0) is 12.1 Å². The number of aromatic nitrogens is 2. The molecule has 1 amide bonds. The van der Waals surface area contributed by atoms with E-state index in [1.807, 2.05) is 0 Å². The quantitative estimate of drug-likeness (QED) is 0.831. The topological polar surface area (TPSA) is 72.9 Å². The maximum Gasteiger partial charge on any atom is 0.251 e. The van der Waals surface area contributed by atoms with Crippen LogP contribution in [-0.2, 0) is 6.54 Å². The van der Waals surface area contributed by atoms with Gasteiger partial charge < -0.3 is 11.1 Å². The van der Waals surface area contributed by atoms with Crippen LogP contribution in [0.15, 0.2) is 24.5 Å². The van der Waals surface area contributed by atoms with E-state index in [2.05, 4.69) is 10.4 Å². The molecule has 1 heterocycles. The molecule has 106 valence electrons. The number of amides is 1. The third-order valence-electron chi connectivity index (χ3n) is 2.53. The number of nitrogens with two attached hydrogens (primary N) is 1. The van der Waals surface area contributed by atoms with Crippen molar-refractivity contribution >= 4 is 11.6 Å². The number of nitrogen functional groups attached to an aromatic ring is 1. The highest BCUT2D eigenvalue weighted by atomic mass is 19.2. The molecule has 0 atom stereocenters. The van der Waals surface area contributed by atoms with Crippen LogP contribution < -0.4 is 11.1 Å². The lowest BCUT2D eigenvalue weighted by Gasteiger charge is -2.06. The fraction of sp³-hybridized carbons (Fsp3) is 0.167. The Kier molecular flexibility index (Phi) is 3.92. The van der Waals surface area contributed by atoms with Crippen LogP contribution >= 0.6 is 0 Å². The Morgan fingerprint density at radius 2 is 1.95 bits per heavy atom. The predicted octanol–water partition coefficient (Wildman–Crippen LogP) is 1.31. The van der Waals surface area contributed by atoms with Gasteiger partial charge in [0.1, 0.15) is 0 Å². The van der Waals surface area contributed by atoms with Gasteiger partial charge in [-0.15, -0.1) is 0 Å². The maximum absolute atomic E-state index is 13.0. The number of benzene rings is 1. The van der Waals surface area contributed by atoms with E-state index in [4.69, 9.17) is 5.73 Å². The van der Waals surface area contributed by atoms with Crippen LogP contribution in [0.5, 0.6) is 0 Å². The standard InChI is InChI=1S/C12H11F3N4O/c13-9-3-7(4-10(14)11(9)15)12(20)17-1-2-19-6-8(16)5-18-19/h3-6H,1-2,16H2,(H,17,20). The fourth-order valence-corrected chi connectivity index (χ4v) is 1.57. The third kappa shape index (κ3) is 3.08. The third-order valence-corrected chi connectivity index (χ3v) is 2.53. The lowest BCUT2D eigenvalue weighted by Crippen LogP contribution is -2.27. The number of carbonyl (C=O) groups is 1. The summed E-state index contributed by atoms with van der Waals surface area (Å²) >= 11 is 0. The first-order valence-electron chi connectivity index (χ1n) is 5.68. The molecule has 0 bridgehead atoms. The molecule has 8 heteroatoms. The van der Waals surface area contributed by atoms with Gasteiger partial charge in [0.05, 0.1) is 18.4 Å². The molecular weight excluding hydrogens is 273 g/mol. The first-order chi connectivity index (χ1) is 9.47. The zero-order chi connectivity index (χ0) is 14.7. The molecule has 20 heavy (non-hydrogen) atoms. The lowest BCUT2D eigenvalue weighted by atomic mass is 10.2. The van der Waals surface area contributed by atoms with Crippen molar-refractivity contribution in [1.29, 1.82) is 0 Å². The summed E-state index contributed by atoms with van der Waals surface area (Å²) in [5, 5.41) is 6.33. The molecule has 0 aliphatic rings. The summed E-state index contributed by atoms with van der Waals surface area (Å²) in [4.78, 5) is 11.6. The second-order valence-electron chi connectivity index (χ2n) is 4.05. The highest BCUT2D eigenvalue weighted by molar-refractivity contribution is 5.94. The van der Waals surface area contributed by atoms with Crippen LogP contribution in [0.25, 0.3) is 0 Å². The highest BCUT2D eigenvalue weighted by Gasteiger charge is 2.14. The Morgan fingerprint density at radius 3 is 2.50 bits per heavy atom. The summed E-state index contributed by atoms with van der Waals surface area (Å²) < 4.78 is 40.2. The number of hydrogen-bond acceptors (Lipinski definition) is 3. The molecule has 2 rings (SSSR count). The Hall–Kier alpha value is -2.51. The molecule has 0 saturated heterocycles. The van der Waals surface area contributed by atoms with E-state index in [0.29, 0.717) is 24.4 Å². The van der Waals surface area contributed by atoms with E-state index >= 15 is 0 Å². The summed E-state index contributed by atoms with van der Waals surface area (Å²) in [5.41, 5.74) is 5.65. The van der Waals surface area contributed by atoms with Crippen molar-refractivity contribution < 1.29 is 18.0 Å². The van der Waals surface area contributed by atoms with E-state index in [-0.39, 0.29) is 12.1 Å². The Bertz CT molecular complexity index is 618. The second-order valence-corrected chi connectivity index (χ2v) is 4.05. The zero-order valence-electron chi connectivity index (χ0n) is 10.2. The van der Waals surface area contributed by atoms with Gasteiger partial charge in [-0.25, -0.2) is 13.2 Å². The Morgan fingerprint density at radius 1 is 1.30 bits per heavy atom. The van der Waals surface area contributed by atoms with Gasteiger partial charge in [-0.3, -0.25) is 9.48 Å². The molecule has 0 spiro atoms. The average molecular weight is 284 g/mol. The molecule has 0 aliphatic carbocycles. The van der Waals surface area contributed by atoms with Crippen LogP contribution in [0.4, 0.5) is 18.9 Å². The summed E-state index contributed by atoms with van der Waals surface area (Å²) in [5.74, 6) is -5.12. The second kappa shape index (κ2) is 5.64. The minimum Gasteiger partial charge on any atom is -0.396 e. The van der Waals surface area contributed by atoms with Crippen molar-refractivity contribution in [2.45, 2.75) is 6.54 Å². The molecule has 1 aromatic heterocycles. The number of rotatable bonds is 4. The van der Waals surface area contributed by atoms with Crippen molar-refractivity contribution in [3.63, 3.8) is 0 Å². The van der Waals surface area contributed by atoms with Crippen LogP contribution in [-0.4, -0.2) is 22.2 Å². The average Bonchev–Trinajstić information content (AvgIpc) is 2.81. The van der Waals surface area contributed by atoms with E-state index in [1.54, 1.807) is 6.20 Å². The minimum atomic E-state index is -1.60. The molecule has 5 nitrogen and oxygen atoms in total. The van der Waals surface area contributed by atoms with Gasteiger partial charge in [0.2, 0.25) is 0 Å². The smallest absolute Gasteiger partial charge is 0.251 e. The van der Waals surface area contributed by atoms with E-state index in [1.165, 1.54) is 10.9 Å². The number of nitrogens with one attached hydrogen (secondary N) is 1. The first-order valence-corrected chi connectivity index (χ1v) is 5.68. The van der Waals surface area contributed by atoms with E-state index in [9.17, 15) is 18.0 Å². The monoisotopic (exact) mass is 284 g/mol. The van der Waals surface area contributed by atoms with Crippen molar-refractivity contribution in [3.8, 4) is 0 Å². The molecule has 1 aromatic carbocycles. The molecule has 0 aliphatic heterocycles. The number of nitrogens with zero attached hydrogens (tertiary/aromatic N) is 2. The van der Waals surface area contributed by atoms with Crippen LogP contribution in [0.3, 0.4) is 0 Å². The van der Waals surface area contributed by atoms with Crippen LogP contribution in [0.1, 0.15) is 10.4 Å². The van der Waals surface area contributed by atoms with Crippen LogP contribution in [0, 0.1) is 17.5 Å². The molecule has 0 fully saturated rings. The minimum absolute atomic E-state index is 0.181. The van der Waals surface area contributed by atoms with Gasteiger partial charge in [0.25, 0.3) is 5.91 Å². The van der Waals surface area contributed by atoms with Gasteiger partial charge in [0.15, 0.2) is 17.5 Å². The lowest BCUT2D eigenvalue weighted by molar-refractivity contribution is 0.0950. The summed E-state index contributed by atoms with van der Waals surface area (Å²) in [6, 6.07) is 1.28. The van der Waals surface area contributed by atoms with Crippen molar-refractivity contribution in [2.75, 3.05) is 12.3 Å². The van der Waals surface area contributed by atoms with Gasteiger partial charge in [-0.2, -0.15) is 5.10 Å². The number of anilines is 1. The van der Waals surface area contributed by atoms with Crippen LogP contribution in [0.2, 0.25) is 0 Å². The maximum atomic E-state index is 13.0. The van der Waals surface area contributed by atoms with Gasteiger partial charge in [-0.1, -0.05) is 0 Å². The molecule has 3 N–H and O–H groups in total. The normalized spacial score (nSPS) is 10.6. The van der Waals surface area contributed by atoms with E-state index < -0.39 is 23.4 Å². The Labute approximate surface area is 112 Å². The summed E-state index contributed by atoms with van der Waals surface area (Å²) in [6.45, 7) is 0.523. The molecule has 0 saturated carbocycles. The fourth-order valence-electron chi connectivity index (χ4n) is 1.57. The number of halogens is 3. The highest BCUT2D eigenvalue weighted by Crippen LogP contribution is 2.13. The predicted molar refractivity (Wildman–Crippen MR) is 65.3 cm³/mol. The van der Waals surface area contributed by atoms with Gasteiger partial charge in [0, 0.05) is 18.3 Å². The van der Waals surface area contributed by atoms with E-state index in [0.717, 1.165) is 0 Å². The van der Waals surface area contributed by atoms with Gasteiger partial charge >= 0.3 is 0 Å². The summed E-state index contributed by atoms with van der Waals surface area (Å²) in [7, 11) is 0. The number of hydrogen-bond donors (Lipinski definition) is 2. The van der Waals surface area contributed by atoms with Crippen molar-refractivity contribution in [2.24, 2.45) is 0 Å². The Balaban J connectivity index is 1.95. The molecule has 2 aromatic rings. The zero-order valence-corrected chi connectivity index (χ0v) is 10.2. The summed E-state index contributed by atoms with van der Waals surface area (Å²) in [6.07, 6.45) is 3.02. The SMILES string of the molecule is Nc1cnn(CCNC(=O)c2cc(F)c(F)c(F)c2)c1. The van der Waals surface area contributed by atoms with Crippen molar-refractivity contribution in [3.05, 3.63) is 47.5 Å². The molecule has 0 unspecified atom stereocenters. The largest absolute Gasteiger partial charge is 0.396 e. The first kappa shape index (κ1) is 13.9. The molecule has 0 radical (unpaired) electrons.